The van der Waals surface area contributed by atoms with E-state index in [2.05, 4.69) is 20.7 Å². The lowest BCUT2D eigenvalue weighted by Crippen LogP contribution is -2.20. The Morgan fingerprint density at radius 1 is 0.903 bits per heavy atom. The molecule has 0 saturated heterocycles. The van der Waals surface area contributed by atoms with E-state index in [0.29, 0.717) is 28.1 Å². The summed E-state index contributed by atoms with van der Waals surface area (Å²) >= 11 is 0. The van der Waals surface area contributed by atoms with Gasteiger partial charge >= 0.3 is 0 Å². The van der Waals surface area contributed by atoms with Crippen molar-refractivity contribution >= 4 is 17.5 Å². The SMILES string of the molecule is CNC(=O)c1cccc(NC(=O)c2cn(-c3ccccc3)nc2-c2cccnc2)c1C. The Balaban J connectivity index is 1.74. The molecule has 2 aromatic heterocycles. The maximum atomic E-state index is 13.3. The van der Waals surface area contributed by atoms with Crippen LogP contribution in [0.4, 0.5) is 5.69 Å². The molecule has 0 unspecified atom stereocenters. The minimum Gasteiger partial charge on any atom is -0.355 e. The van der Waals surface area contributed by atoms with Crippen molar-refractivity contribution in [1.82, 2.24) is 20.1 Å². The third-order valence-electron chi connectivity index (χ3n) is 4.97. The van der Waals surface area contributed by atoms with E-state index in [-0.39, 0.29) is 11.8 Å². The molecular formula is C24H21N5O2. The maximum Gasteiger partial charge on any atom is 0.259 e. The molecule has 0 spiro atoms. The van der Waals surface area contributed by atoms with Crippen molar-refractivity contribution < 1.29 is 9.59 Å². The number of nitrogens with zero attached hydrogens (tertiary/aromatic N) is 3. The molecule has 2 aromatic carbocycles. The number of hydrogen-bond acceptors (Lipinski definition) is 4. The molecule has 0 aliphatic heterocycles. The molecule has 7 nitrogen and oxygen atoms in total. The van der Waals surface area contributed by atoms with Gasteiger partial charge < -0.3 is 10.6 Å². The number of amides is 2. The minimum absolute atomic E-state index is 0.207. The highest BCUT2D eigenvalue weighted by Gasteiger charge is 2.20. The molecule has 0 saturated carbocycles. The minimum atomic E-state index is -0.321. The van der Waals surface area contributed by atoms with Crippen LogP contribution in [0.3, 0.4) is 0 Å². The van der Waals surface area contributed by atoms with Gasteiger partial charge in [0.05, 0.1) is 11.3 Å². The smallest absolute Gasteiger partial charge is 0.259 e. The first-order valence-corrected chi connectivity index (χ1v) is 9.77. The molecule has 4 aromatic rings. The molecule has 2 amide bonds. The molecule has 0 atom stereocenters. The lowest BCUT2D eigenvalue weighted by molar-refractivity contribution is 0.0960. The number of carbonyl (C=O) groups excluding carboxylic acids is 2. The average molecular weight is 411 g/mol. The van der Waals surface area contributed by atoms with E-state index in [1.54, 1.807) is 61.5 Å². The molecule has 31 heavy (non-hydrogen) atoms. The van der Waals surface area contributed by atoms with Gasteiger partial charge in [-0.15, -0.1) is 0 Å². The van der Waals surface area contributed by atoms with Crippen molar-refractivity contribution in [1.29, 1.82) is 0 Å². The summed E-state index contributed by atoms with van der Waals surface area (Å²) in [6.07, 6.45) is 5.04. The van der Waals surface area contributed by atoms with E-state index in [1.165, 1.54) is 0 Å². The average Bonchev–Trinajstić information content (AvgIpc) is 3.27. The third kappa shape index (κ3) is 4.06. The van der Waals surface area contributed by atoms with Crippen LogP contribution in [-0.2, 0) is 0 Å². The van der Waals surface area contributed by atoms with Gasteiger partial charge in [0.2, 0.25) is 0 Å². The highest BCUT2D eigenvalue weighted by molar-refractivity contribution is 6.09. The standard InChI is InChI=1S/C24H21N5O2/c1-16-19(23(30)25-2)11-6-12-21(16)27-24(31)20-15-29(18-9-4-3-5-10-18)28-22(20)17-8-7-13-26-14-17/h3-15H,1-2H3,(H,25,30)(H,27,31). The highest BCUT2D eigenvalue weighted by atomic mass is 16.2. The molecule has 0 aliphatic rings. The Morgan fingerprint density at radius 2 is 1.71 bits per heavy atom. The first-order chi connectivity index (χ1) is 15.1. The van der Waals surface area contributed by atoms with Gasteiger partial charge in [0.1, 0.15) is 5.69 Å². The molecule has 2 heterocycles. The summed E-state index contributed by atoms with van der Waals surface area (Å²) in [5, 5.41) is 10.2. The molecule has 0 aliphatic carbocycles. The quantitative estimate of drug-likeness (QED) is 0.522. The van der Waals surface area contributed by atoms with Crippen LogP contribution in [0.15, 0.2) is 79.3 Å². The number of para-hydroxylation sites is 1. The van der Waals surface area contributed by atoms with Crippen LogP contribution < -0.4 is 10.6 Å². The highest BCUT2D eigenvalue weighted by Crippen LogP contribution is 2.25. The van der Waals surface area contributed by atoms with Crippen molar-refractivity contribution in [3.8, 4) is 16.9 Å². The van der Waals surface area contributed by atoms with Gasteiger partial charge in [-0.1, -0.05) is 24.3 Å². The van der Waals surface area contributed by atoms with Crippen molar-refractivity contribution in [3.05, 3.63) is 95.9 Å². The first-order valence-electron chi connectivity index (χ1n) is 9.77. The molecule has 154 valence electrons. The fourth-order valence-electron chi connectivity index (χ4n) is 3.31. The normalized spacial score (nSPS) is 10.5. The second kappa shape index (κ2) is 8.62. The lowest BCUT2D eigenvalue weighted by atomic mass is 10.1. The summed E-state index contributed by atoms with van der Waals surface area (Å²) in [7, 11) is 1.57. The van der Waals surface area contributed by atoms with Crippen LogP contribution in [0.2, 0.25) is 0 Å². The number of benzene rings is 2. The third-order valence-corrected chi connectivity index (χ3v) is 4.97. The number of hydrogen-bond donors (Lipinski definition) is 2. The second-order valence-electron chi connectivity index (χ2n) is 6.92. The zero-order chi connectivity index (χ0) is 21.8. The van der Waals surface area contributed by atoms with Gasteiger partial charge in [-0.3, -0.25) is 14.6 Å². The van der Waals surface area contributed by atoms with Gasteiger partial charge in [0.25, 0.3) is 11.8 Å². The molecule has 0 bridgehead atoms. The number of nitrogens with one attached hydrogen (secondary N) is 2. The summed E-state index contributed by atoms with van der Waals surface area (Å²) < 4.78 is 1.67. The predicted molar refractivity (Wildman–Crippen MR) is 119 cm³/mol. The molecule has 2 N–H and O–H groups in total. The zero-order valence-electron chi connectivity index (χ0n) is 17.2. The van der Waals surface area contributed by atoms with E-state index in [0.717, 1.165) is 11.3 Å². The summed E-state index contributed by atoms with van der Waals surface area (Å²) in [5.41, 5.74) is 4.26. The van der Waals surface area contributed by atoms with Crippen LogP contribution >= 0.6 is 0 Å². The monoisotopic (exact) mass is 411 g/mol. The van der Waals surface area contributed by atoms with E-state index in [9.17, 15) is 9.59 Å². The molecular weight excluding hydrogens is 390 g/mol. The van der Waals surface area contributed by atoms with Crippen LogP contribution in [0.1, 0.15) is 26.3 Å². The fraction of sp³-hybridized carbons (Fsp3) is 0.0833. The number of pyridine rings is 1. The molecule has 7 heteroatoms. The fourth-order valence-corrected chi connectivity index (χ4v) is 3.31. The summed E-state index contributed by atoms with van der Waals surface area (Å²) in [6.45, 7) is 1.80. The van der Waals surface area contributed by atoms with Crippen molar-refractivity contribution in [2.75, 3.05) is 12.4 Å². The maximum absolute atomic E-state index is 13.3. The Labute approximate surface area is 179 Å². The van der Waals surface area contributed by atoms with Gasteiger partial charge in [-0.05, 0) is 48.9 Å². The largest absolute Gasteiger partial charge is 0.355 e. The second-order valence-corrected chi connectivity index (χ2v) is 6.92. The summed E-state index contributed by atoms with van der Waals surface area (Å²) in [6, 6.07) is 18.5. The van der Waals surface area contributed by atoms with Gasteiger partial charge in [0.15, 0.2) is 0 Å². The van der Waals surface area contributed by atoms with Crippen molar-refractivity contribution in [2.24, 2.45) is 0 Å². The summed E-state index contributed by atoms with van der Waals surface area (Å²) in [5.74, 6) is -0.528. The Kier molecular flexibility index (Phi) is 5.57. The topological polar surface area (TPSA) is 88.9 Å². The van der Waals surface area contributed by atoms with Crippen molar-refractivity contribution in [2.45, 2.75) is 6.92 Å². The lowest BCUT2D eigenvalue weighted by Gasteiger charge is -2.11. The number of carbonyl (C=O) groups is 2. The Morgan fingerprint density at radius 3 is 2.42 bits per heavy atom. The summed E-state index contributed by atoms with van der Waals surface area (Å²) in [4.78, 5) is 29.5. The molecule has 0 fully saturated rings. The van der Waals surface area contributed by atoms with E-state index in [1.807, 2.05) is 36.4 Å². The Bertz CT molecular complexity index is 1230. The number of anilines is 1. The van der Waals surface area contributed by atoms with Gasteiger partial charge in [-0.25, -0.2) is 4.68 Å². The van der Waals surface area contributed by atoms with E-state index in [4.69, 9.17) is 0 Å². The predicted octanol–water partition coefficient (Wildman–Crippen LogP) is 3.85. The van der Waals surface area contributed by atoms with E-state index >= 15 is 0 Å². The van der Waals surface area contributed by atoms with Crippen molar-refractivity contribution in [3.63, 3.8) is 0 Å². The number of rotatable bonds is 5. The molecule has 0 radical (unpaired) electrons. The van der Waals surface area contributed by atoms with Crippen LogP contribution in [-0.4, -0.2) is 33.6 Å². The van der Waals surface area contributed by atoms with Crippen LogP contribution in [0.25, 0.3) is 16.9 Å². The Hall–Kier alpha value is -4.26. The number of aromatic nitrogens is 3. The van der Waals surface area contributed by atoms with E-state index < -0.39 is 0 Å². The van der Waals surface area contributed by atoms with Crippen LogP contribution in [0.5, 0.6) is 0 Å². The van der Waals surface area contributed by atoms with Gasteiger partial charge in [0, 0.05) is 42.5 Å². The van der Waals surface area contributed by atoms with Crippen LogP contribution in [0, 0.1) is 6.92 Å². The zero-order valence-corrected chi connectivity index (χ0v) is 17.2. The first kappa shape index (κ1) is 20.0. The molecule has 4 rings (SSSR count). The van der Waals surface area contributed by atoms with Gasteiger partial charge in [-0.2, -0.15) is 5.10 Å².